The lowest BCUT2D eigenvalue weighted by molar-refractivity contribution is 0.457. The van der Waals surface area contributed by atoms with E-state index in [0.717, 1.165) is 12.0 Å². The summed E-state index contributed by atoms with van der Waals surface area (Å²) in [5, 5.41) is 7.81. The number of ether oxygens (including phenoxy) is 1. The Labute approximate surface area is 119 Å². The van der Waals surface area contributed by atoms with Gasteiger partial charge in [0, 0.05) is 5.02 Å². The van der Waals surface area contributed by atoms with Gasteiger partial charge in [-0.1, -0.05) is 30.1 Å². The Kier molecular flexibility index (Phi) is 4.22. The predicted molar refractivity (Wildman–Crippen MR) is 70.8 cm³/mol. The van der Waals surface area contributed by atoms with Crippen LogP contribution in [0.2, 0.25) is 15.5 Å². The molecule has 0 saturated heterocycles. The van der Waals surface area contributed by atoms with E-state index in [2.05, 4.69) is 15.2 Å². The van der Waals surface area contributed by atoms with Gasteiger partial charge in [-0.15, -0.1) is 10.2 Å². The molecule has 0 saturated carbocycles. The number of benzene rings is 1. The Morgan fingerprint density at radius 1 is 1.17 bits per heavy atom. The minimum Gasteiger partial charge on any atom is -0.436 e. The largest absolute Gasteiger partial charge is 0.436 e. The zero-order valence-electron chi connectivity index (χ0n) is 9.32. The molecule has 1 aromatic carbocycles. The normalized spacial score (nSPS) is 10.4. The number of nitrogens with zero attached hydrogens (tertiary/aromatic N) is 3. The Morgan fingerprint density at radius 2 is 1.94 bits per heavy atom. The van der Waals surface area contributed by atoms with Crippen molar-refractivity contribution in [3.63, 3.8) is 0 Å². The minimum absolute atomic E-state index is 0.0286. The number of aryl methyl sites for hydroxylation is 1. The summed E-state index contributed by atoms with van der Waals surface area (Å²) in [5.74, 6) is 0.677. The van der Waals surface area contributed by atoms with Gasteiger partial charge in [-0.25, -0.2) is 0 Å². The zero-order chi connectivity index (χ0) is 13.1. The molecule has 0 aliphatic heterocycles. The van der Waals surface area contributed by atoms with Crippen LogP contribution in [0, 0.1) is 0 Å². The molecular weight excluding hydrogens is 296 g/mol. The molecule has 2 aromatic rings. The third-order valence-electron chi connectivity index (χ3n) is 2.20. The van der Waals surface area contributed by atoms with Crippen molar-refractivity contribution in [2.75, 3.05) is 0 Å². The van der Waals surface area contributed by atoms with Crippen LogP contribution in [-0.2, 0) is 6.42 Å². The standard InChI is InChI=1S/C11H8Cl3N3O/c1-2-6-5-7(3-4-8(6)12)18-10-9(13)16-17-11(14)15-10/h3-5H,2H2,1H3. The van der Waals surface area contributed by atoms with E-state index in [1.807, 2.05) is 13.0 Å². The molecule has 2 rings (SSSR count). The molecule has 18 heavy (non-hydrogen) atoms. The minimum atomic E-state index is -0.0286. The van der Waals surface area contributed by atoms with Gasteiger partial charge >= 0.3 is 0 Å². The molecule has 0 spiro atoms. The number of rotatable bonds is 3. The van der Waals surface area contributed by atoms with Crippen molar-refractivity contribution in [1.82, 2.24) is 15.2 Å². The molecule has 0 amide bonds. The van der Waals surface area contributed by atoms with Crippen LogP contribution in [0.5, 0.6) is 11.6 Å². The lowest BCUT2D eigenvalue weighted by Crippen LogP contribution is -1.95. The predicted octanol–water partition coefficient (Wildman–Crippen LogP) is 4.19. The third-order valence-corrected chi connectivity index (χ3v) is 2.97. The highest BCUT2D eigenvalue weighted by molar-refractivity contribution is 6.31. The van der Waals surface area contributed by atoms with Crippen LogP contribution in [0.3, 0.4) is 0 Å². The molecule has 0 radical (unpaired) electrons. The Balaban J connectivity index is 2.31. The maximum absolute atomic E-state index is 6.02. The average molecular weight is 305 g/mol. The van der Waals surface area contributed by atoms with E-state index in [1.54, 1.807) is 12.1 Å². The van der Waals surface area contributed by atoms with E-state index in [9.17, 15) is 0 Å². The number of aromatic nitrogens is 3. The van der Waals surface area contributed by atoms with Crippen LogP contribution in [-0.4, -0.2) is 15.2 Å². The maximum Gasteiger partial charge on any atom is 0.262 e. The highest BCUT2D eigenvalue weighted by Crippen LogP contribution is 2.29. The molecule has 0 bridgehead atoms. The maximum atomic E-state index is 6.02. The smallest absolute Gasteiger partial charge is 0.262 e. The summed E-state index contributed by atoms with van der Waals surface area (Å²) < 4.78 is 5.50. The summed E-state index contributed by atoms with van der Waals surface area (Å²) in [6, 6.07) is 5.28. The molecule has 1 heterocycles. The van der Waals surface area contributed by atoms with Crippen LogP contribution < -0.4 is 4.74 Å². The van der Waals surface area contributed by atoms with Crippen LogP contribution in [0.1, 0.15) is 12.5 Å². The topological polar surface area (TPSA) is 47.9 Å². The van der Waals surface area contributed by atoms with Crippen molar-refractivity contribution in [3.05, 3.63) is 39.2 Å². The summed E-state index contributed by atoms with van der Waals surface area (Å²) in [7, 11) is 0. The first-order valence-electron chi connectivity index (χ1n) is 5.12. The average Bonchev–Trinajstić information content (AvgIpc) is 2.36. The fourth-order valence-corrected chi connectivity index (χ4v) is 1.83. The van der Waals surface area contributed by atoms with Gasteiger partial charge in [-0.05, 0) is 41.8 Å². The summed E-state index contributed by atoms with van der Waals surface area (Å²) in [6.07, 6.45) is 0.798. The monoisotopic (exact) mass is 303 g/mol. The Bertz CT molecular complexity index is 577. The molecule has 0 aliphatic rings. The van der Waals surface area contributed by atoms with Crippen LogP contribution in [0.25, 0.3) is 0 Å². The lowest BCUT2D eigenvalue weighted by Gasteiger charge is -2.08. The van der Waals surface area contributed by atoms with Crippen LogP contribution in [0.4, 0.5) is 0 Å². The van der Waals surface area contributed by atoms with Crippen molar-refractivity contribution in [2.24, 2.45) is 0 Å². The van der Waals surface area contributed by atoms with Gasteiger partial charge in [0.1, 0.15) is 5.75 Å². The van der Waals surface area contributed by atoms with Gasteiger partial charge in [-0.3, -0.25) is 0 Å². The van der Waals surface area contributed by atoms with Crippen LogP contribution >= 0.6 is 34.8 Å². The molecule has 0 unspecified atom stereocenters. The van der Waals surface area contributed by atoms with Gasteiger partial charge < -0.3 is 4.74 Å². The second kappa shape index (κ2) is 5.69. The summed E-state index contributed by atoms with van der Waals surface area (Å²) in [4.78, 5) is 3.85. The van der Waals surface area contributed by atoms with Crippen molar-refractivity contribution < 1.29 is 4.74 Å². The molecule has 0 atom stereocenters. The van der Waals surface area contributed by atoms with E-state index >= 15 is 0 Å². The van der Waals surface area contributed by atoms with E-state index in [0.29, 0.717) is 10.8 Å². The molecule has 0 fully saturated rings. The van der Waals surface area contributed by atoms with Crippen LogP contribution in [0.15, 0.2) is 18.2 Å². The first-order chi connectivity index (χ1) is 8.60. The van der Waals surface area contributed by atoms with Crippen molar-refractivity contribution in [2.45, 2.75) is 13.3 Å². The second-order valence-corrected chi connectivity index (χ2v) is 4.49. The van der Waals surface area contributed by atoms with E-state index in [4.69, 9.17) is 39.5 Å². The summed E-state index contributed by atoms with van der Waals surface area (Å²) in [5.41, 5.74) is 0.971. The van der Waals surface area contributed by atoms with E-state index in [-0.39, 0.29) is 16.3 Å². The second-order valence-electron chi connectivity index (χ2n) is 3.39. The SMILES string of the molecule is CCc1cc(Oc2nc(Cl)nnc2Cl)ccc1Cl. The Morgan fingerprint density at radius 3 is 2.67 bits per heavy atom. The fraction of sp³-hybridized carbons (Fsp3) is 0.182. The molecule has 94 valence electrons. The lowest BCUT2D eigenvalue weighted by atomic mass is 10.1. The highest BCUT2D eigenvalue weighted by Gasteiger charge is 2.09. The van der Waals surface area contributed by atoms with Gasteiger partial charge in [0.15, 0.2) is 0 Å². The first-order valence-corrected chi connectivity index (χ1v) is 6.25. The first kappa shape index (κ1) is 13.3. The zero-order valence-corrected chi connectivity index (χ0v) is 11.6. The molecule has 7 heteroatoms. The Hall–Kier alpha value is -1.10. The third kappa shape index (κ3) is 3.02. The van der Waals surface area contributed by atoms with Gasteiger partial charge in [0.2, 0.25) is 10.4 Å². The molecule has 0 N–H and O–H groups in total. The summed E-state index contributed by atoms with van der Waals surface area (Å²) in [6.45, 7) is 2.00. The molecular formula is C11H8Cl3N3O. The highest BCUT2D eigenvalue weighted by atomic mass is 35.5. The van der Waals surface area contributed by atoms with E-state index in [1.165, 1.54) is 0 Å². The molecule has 0 aliphatic carbocycles. The number of halogens is 3. The molecule has 1 aromatic heterocycles. The van der Waals surface area contributed by atoms with E-state index < -0.39 is 0 Å². The van der Waals surface area contributed by atoms with Gasteiger partial charge in [0.05, 0.1) is 0 Å². The van der Waals surface area contributed by atoms with Crippen molar-refractivity contribution in [1.29, 1.82) is 0 Å². The fourth-order valence-electron chi connectivity index (χ4n) is 1.34. The number of hydrogen-bond donors (Lipinski definition) is 0. The summed E-state index contributed by atoms with van der Waals surface area (Å²) >= 11 is 17.4. The quantitative estimate of drug-likeness (QED) is 0.853. The van der Waals surface area contributed by atoms with Crippen molar-refractivity contribution in [3.8, 4) is 11.6 Å². The van der Waals surface area contributed by atoms with Gasteiger partial charge in [-0.2, -0.15) is 4.98 Å². The molecule has 4 nitrogen and oxygen atoms in total. The van der Waals surface area contributed by atoms with Gasteiger partial charge in [0.25, 0.3) is 5.88 Å². The number of hydrogen-bond acceptors (Lipinski definition) is 4. The van der Waals surface area contributed by atoms with Crippen molar-refractivity contribution >= 4 is 34.8 Å².